The van der Waals surface area contributed by atoms with Gasteiger partial charge in [-0.25, -0.2) is 9.37 Å². The number of H-pyrrole nitrogens is 1. The minimum absolute atomic E-state index is 0.205. The van der Waals surface area contributed by atoms with Crippen LogP contribution in [-0.2, 0) is 13.1 Å². The number of benzene rings is 1. The molecule has 2 N–H and O–H groups in total. The molecule has 0 bridgehead atoms. The number of nitrogens with zero attached hydrogens (tertiary/aromatic N) is 4. The topological polar surface area (TPSA) is 87.0 Å². The van der Waals surface area contributed by atoms with Crippen LogP contribution in [0.2, 0.25) is 0 Å². The summed E-state index contributed by atoms with van der Waals surface area (Å²) in [5, 5.41) is 14.8. The maximum Gasteiger partial charge on any atom is 0.290 e. The van der Waals surface area contributed by atoms with E-state index in [-0.39, 0.29) is 17.5 Å². The highest BCUT2D eigenvalue weighted by Crippen LogP contribution is 2.40. The van der Waals surface area contributed by atoms with Crippen LogP contribution < -0.4 is 0 Å². The summed E-state index contributed by atoms with van der Waals surface area (Å²) >= 11 is 0. The van der Waals surface area contributed by atoms with E-state index >= 15 is 0 Å². The van der Waals surface area contributed by atoms with Crippen LogP contribution in [0.5, 0.6) is 0 Å². The minimum Gasteiger partial charge on any atom is -0.386 e. The number of amides is 1. The van der Waals surface area contributed by atoms with Crippen LogP contribution in [0.15, 0.2) is 24.3 Å². The maximum absolute atomic E-state index is 13.3. The normalized spacial score (nSPS) is 18.2. The molecule has 0 unspecified atom stereocenters. The first kappa shape index (κ1) is 15.5. The van der Waals surface area contributed by atoms with Gasteiger partial charge < -0.3 is 15.0 Å². The van der Waals surface area contributed by atoms with Gasteiger partial charge in [0.15, 0.2) is 5.82 Å². The Hall–Kier alpha value is -2.74. The molecule has 1 atom stereocenters. The fourth-order valence-corrected chi connectivity index (χ4v) is 3.49. The molecule has 1 aromatic carbocycles. The first-order chi connectivity index (χ1) is 12.6. The number of aromatic amines is 1. The number of aromatic nitrogens is 4. The first-order valence-electron chi connectivity index (χ1n) is 8.78. The molecule has 2 aromatic heterocycles. The van der Waals surface area contributed by atoms with Gasteiger partial charge in [0.2, 0.25) is 0 Å². The lowest BCUT2D eigenvalue weighted by molar-refractivity contribution is 0.0694. The van der Waals surface area contributed by atoms with Gasteiger partial charge in [-0.1, -0.05) is 0 Å². The second-order valence-electron chi connectivity index (χ2n) is 7.04. The number of fused-ring (bicyclic) bond motifs is 2. The van der Waals surface area contributed by atoms with Gasteiger partial charge in [-0.15, -0.1) is 0 Å². The van der Waals surface area contributed by atoms with Gasteiger partial charge in [0, 0.05) is 6.54 Å². The van der Waals surface area contributed by atoms with Crippen molar-refractivity contribution in [3.63, 3.8) is 0 Å². The quantitative estimate of drug-likeness (QED) is 0.752. The summed E-state index contributed by atoms with van der Waals surface area (Å²) in [7, 11) is 0. The predicted octanol–water partition coefficient (Wildman–Crippen LogP) is 2.00. The zero-order valence-electron chi connectivity index (χ0n) is 14.0. The number of hydrogen-bond acceptors (Lipinski definition) is 4. The Labute approximate surface area is 148 Å². The number of halogens is 1. The summed E-state index contributed by atoms with van der Waals surface area (Å²) in [6, 6.07) is 6.09. The Morgan fingerprint density at radius 2 is 2.15 bits per heavy atom. The van der Waals surface area contributed by atoms with Gasteiger partial charge >= 0.3 is 0 Å². The number of carbonyl (C=O) groups excluding carboxylic acids is 1. The van der Waals surface area contributed by atoms with E-state index in [2.05, 4.69) is 15.1 Å². The van der Waals surface area contributed by atoms with Gasteiger partial charge in [0.1, 0.15) is 11.9 Å². The van der Waals surface area contributed by atoms with Gasteiger partial charge in [0.25, 0.3) is 5.91 Å². The van der Waals surface area contributed by atoms with Crippen molar-refractivity contribution in [1.29, 1.82) is 0 Å². The first-order valence-corrected chi connectivity index (χ1v) is 8.78. The molecular formula is C18H18FN5O2. The van der Waals surface area contributed by atoms with Crippen molar-refractivity contribution in [2.75, 3.05) is 6.54 Å². The van der Waals surface area contributed by atoms with Gasteiger partial charge in [0.05, 0.1) is 35.5 Å². The van der Waals surface area contributed by atoms with E-state index in [1.165, 1.54) is 12.1 Å². The summed E-state index contributed by atoms with van der Waals surface area (Å²) in [5.74, 6) is -0.0699. The fourth-order valence-electron chi connectivity index (χ4n) is 3.49. The molecule has 1 aliphatic carbocycles. The summed E-state index contributed by atoms with van der Waals surface area (Å²) < 4.78 is 15.2. The Morgan fingerprint density at radius 3 is 2.96 bits per heavy atom. The lowest BCUT2D eigenvalue weighted by atomic mass is 10.1. The molecule has 7 nitrogen and oxygen atoms in total. The molecule has 3 heterocycles. The average molecular weight is 355 g/mol. The molecule has 1 aliphatic heterocycles. The molecule has 0 spiro atoms. The van der Waals surface area contributed by atoms with E-state index in [0.717, 1.165) is 18.5 Å². The molecule has 3 aromatic rings. The van der Waals surface area contributed by atoms with Gasteiger partial charge in [-0.3, -0.25) is 9.48 Å². The lowest BCUT2D eigenvalue weighted by Crippen LogP contribution is -2.38. The van der Waals surface area contributed by atoms with Crippen molar-refractivity contribution < 1.29 is 14.3 Å². The van der Waals surface area contributed by atoms with Crippen molar-refractivity contribution in [2.45, 2.75) is 32.0 Å². The van der Waals surface area contributed by atoms with E-state index in [9.17, 15) is 14.3 Å². The molecular weight excluding hydrogens is 337 g/mol. The van der Waals surface area contributed by atoms with Crippen LogP contribution in [-0.4, -0.2) is 42.2 Å². The second-order valence-corrected chi connectivity index (χ2v) is 7.04. The summed E-state index contributed by atoms with van der Waals surface area (Å²) in [5.41, 5.74) is 2.66. The summed E-state index contributed by atoms with van der Waals surface area (Å²) in [6.07, 6.45) is 1.57. The Kier molecular flexibility index (Phi) is 3.36. The van der Waals surface area contributed by atoms with Crippen LogP contribution in [0.1, 0.15) is 41.0 Å². The third kappa shape index (κ3) is 2.57. The van der Waals surface area contributed by atoms with E-state index < -0.39 is 6.10 Å². The predicted molar refractivity (Wildman–Crippen MR) is 90.7 cm³/mol. The van der Waals surface area contributed by atoms with Crippen molar-refractivity contribution in [1.82, 2.24) is 24.6 Å². The largest absolute Gasteiger partial charge is 0.386 e. The van der Waals surface area contributed by atoms with Crippen molar-refractivity contribution in [3.8, 4) is 0 Å². The molecule has 1 amide bonds. The summed E-state index contributed by atoms with van der Waals surface area (Å²) in [6.45, 7) is 1.50. The Balaban J connectivity index is 1.38. The number of hydrogen-bond donors (Lipinski definition) is 2. The molecule has 134 valence electrons. The molecule has 5 rings (SSSR count). The number of aliphatic hydroxyl groups is 1. The lowest BCUT2D eigenvalue weighted by Gasteiger charge is -2.26. The molecule has 2 aliphatic rings. The molecule has 8 heteroatoms. The number of aliphatic hydroxyl groups excluding tert-OH is 1. The van der Waals surface area contributed by atoms with E-state index in [0.29, 0.717) is 42.3 Å². The smallest absolute Gasteiger partial charge is 0.290 e. The maximum atomic E-state index is 13.3. The average Bonchev–Trinajstić information content (AvgIpc) is 3.26. The monoisotopic (exact) mass is 355 g/mol. The zero-order valence-corrected chi connectivity index (χ0v) is 14.0. The SMILES string of the molecule is O=C(c1nc2ccc(F)cc2[nH]1)N1CCn2nc([C@@H](O)C3CC3)cc2C1. The highest BCUT2D eigenvalue weighted by atomic mass is 19.1. The Bertz CT molecular complexity index is 1010. The van der Waals surface area contributed by atoms with E-state index in [4.69, 9.17) is 0 Å². The second kappa shape index (κ2) is 5.63. The van der Waals surface area contributed by atoms with Gasteiger partial charge in [-0.05, 0) is 43.0 Å². The standard InChI is InChI=1S/C18H18FN5O2/c19-11-3-4-13-14(7-11)21-17(20-13)18(26)23-5-6-24-12(9-23)8-15(22-24)16(25)10-1-2-10/h3-4,7-8,10,16,25H,1-2,5-6,9H2,(H,20,21)/t16-/m0/s1. The van der Waals surface area contributed by atoms with Crippen LogP contribution in [0.3, 0.4) is 0 Å². The van der Waals surface area contributed by atoms with Crippen molar-refractivity contribution in [2.24, 2.45) is 5.92 Å². The zero-order chi connectivity index (χ0) is 17.8. The van der Waals surface area contributed by atoms with Gasteiger partial charge in [-0.2, -0.15) is 5.10 Å². The fraction of sp³-hybridized carbons (Fsp3) is 0.389. The molecule has 26 heavy (non-hydrogen) atoms. The summed E-state index contributed by atoms with van der Waals surface area (Å²) in [4.78, 5) is 21.6. The van der Waals surface area contributed by atoms with Crippen LogP contribution in [0, 0.1) is 11.7 Å². The highest BCUT2D eigenvalue weighted by Gasteiger charge is 2.34. The number of rotatable bonds is 3. The van der Waals surface area contributed by atoms with Crippen molar-refractivity contribution in [3.05, 3.63) is 47.3 Å². The highest BCUT2D eigenvalue weighted by molar-refractivity contribution is 5.94. The van der Waals surface area contributed by atoms with E-state index in [1.807, 2.05) is 10.7 Å². The van der Waals surface area contributed by atoms with Crippen LogP contribution in [0.4, 0.5) is 4.39 Å². The number of nitrogens with one attached hydrogen (secondary N) is 1. The molecule has 0 radical (unpaired) electrons. The van der Waals surface area contributed by atoms with E-state index in [1.54, 1.807) is 11.0 Å². The third-order valence-corrected chi connectivity index (χ3v) is 5.12. The van der Waals surface area contributed by atoms with Crippen LogP contribution in [0.25, 0.3) is 11.0 Å². The Morgan fingerprint density at radius 1 is 1.31 bits per heavy atom. The van der Waals surface area contributed by atoms with Crippen LogP contribution >= 0.6 is 0 Å². The molecule has 1 fully saturated rings. The van der Waals surface area contributed by atoms with Crippen molar-refractivity contribution >= 4 is 16.9 Å². The minimum atomic E-state index is -0.512. The molecule has 0 saturated heterocycles. The number of imidazole rings is 1. The molecule has 1 saturated carbocycles. The number of carbonyl (C=O) groups is 1. The third-order valence-electron chi connectivity index (χ3n) is 5.12.